The molecule has 1 aliphatic heterocycles. The minimum Gasteiger partial charge on any atom is -0.481 e. The summed E-state index contributed by atoms with van der Waals surface area (Å²) in [7, 11) is 1.46. The Balaban J connectivity index is 2.13. The Bertz CT molecular complexity index is 411. The molecular weight excluding hydrogens is 247 g/mol. The summed E-state index contributed by atoms with van der Waals surface area (Å²) in [5, 5.41) is 0. The van der Waals surface area contributed by atoms with Gasteiger partial charge in [-0.05, 0) is 12.8 Å². The molecule has 0 N–H and O–H groups in total. The topological polar surface area (TPSA) is 38.2 Å². The van der Waals surface area contributed by atoms with E-state index in [1.807, 2.05) is 0 Å². The summed E-state index contributed by atoms with van der Waals surface area (Å²) in [5.41, 5.74) is 0. The minimum atomic E-state index is -4.14. The first-order valence-electron chi connectivity index (χ1n) is 5.68. The fourth-order valence-corrected chi connectivity index (χ4v) is 2.07. The van der Waals surface area contributed by atoms with Crippen LogP contribution in [0.25, 0.3) is 0 Å². The highest BCUT2D eigenvalue weighted by Crippen LogP contribution is 2.34. The van der Waals surface area contributed by atoms with Gasteiger partial charge in [-0.15, -0.1) is 0 Å². The van der Waals surface area contributed by atoms with Gasteiger partial charge in [-0.3, -0.25) is 0 Å². The van der Waals surface area contributed by atoms with Crippen molar-refractivity contribution in [1.82, 2.24) is 9.97 Å². The van der Waals surface area contributed by atoms with Gasteiger partial charge in [0.1, 0.15) is 12.1 Å². The quantitative estimate of drug-likeness (QED) is 0.818. The van der Waals surface area contributed by atoms with Crippen molar-refractivity contribution in [2.75, 3.05) is 25.1 Å². The molecular formula is C11H14F3N3O. The highest BCUT2D eigenvalue weighted by atomic mass is 19.4. The number of ether oxygens (including phenoxy) is 1. The van der Waals surface area contributed by atoms with E-state index in [-0.39, 0.29) is 13.0 Å². The molecule has 0 aromatic carbocycles. The lowest BCUT2D eigenvalue weighted by atomic mass is 9.97. The van der Waals surface area contributed by atoms with Crippen molar-refractivity contribution >= 4 is 5.82 Å². The molecule has 4 nitrogen and oxygen atoms in total. The molecule has 0 radical (unpaired) electrons. The molecule has 100 valence electrons. The molecule has 0 bridgehead atoms. The van der Waals surface area contributed by atoms with Crippen LogP contribution in [0.2, 0.25) is 0 Å². The van der Waals surface area contributed by atoms with Crippen LogP contribution in [0.1, 0.15) is 12.8 Å². The maximum absolute atomic E-state index is 12.7. The average Bonchev–Trinajstić information content (AvgIpc) is 2.38. The Hall–Kier alpha value is -1.53. The molecule has 0 aliphatic carbocycles. The molecule has 0 spiro atoms. The van der Waals surface area contributed by atoms with Crippen LogP contribution >= 0.6 is 0 Å². The number of aromatic nitrogens is 2. The SMILES string of the molecule is COc1cc(N2CCCC(C(F)(F)F)C2)ncn1. The number of halogens is 3. The fraction of sp³-hybridized carbons (Fsp3) is 0.636. The summed E-state index contributed by atoms with van der Waals surface area (Å²) in [6, 6.07) is 1.55. The first kappa shape index (κ1) is 12.9. The van der Waals surface area contributed by atoms with E-state index >= 15 is 0 Å². The number of rotatable bonds is 2. The Morgan fingerprint density at radius 2 is 2.17 bits per heavy atom. The number of methoxy groups -OCH3 is 1. The maximum Gasteiger partial charge on any atom is 0.393 e. The zero-order chi connectivity index (χ0) is 13.2. The largest absolute Gasteiger partial charge is 0.481 e. The van der Waals surface area contributed by atoms with Crippen LogP contribution in [0.15, 0.2) is 12.4 Å². The first-order chi connectivity index (χ1) is 8.50. The molecule has 1 aromatic rings. The minimum absolute atomic E-state index is 0.0519. The molecule has 1 aromatic heterocycles. The smallest absolute Gasteiger partial charge is 0.393 e. The van der Waals surface area contributed by atoms with E-state index in [9.17, 15) is 13.2 Å². The van der Waals surface area contributed by atoms with E-state index in [1.54, 1.807) is 11.0 Å². The van der Waals surface area contributed by atoms with Crippen LogP contribution in [-0.2, 0) is 0 Å². The van der Waals surface area contributed by atoms with Gasteiger partial charge in [-0.25, -0.2) is 9.97 Å². The van der Waals surface area contributed by atoms with Crippen molar-refractivity contribution in [3.8, 4) is 5.88 Å². The number of alkyl halides is 3. The van der Waals surface area contributed by atoms with Gasteiger partial charge < -0.3 is 9.64 Å². The molecule has 2 heterocycles. The maximum atomic E-state index is 12.7. The Labute approximate surface area is 103 Å². The van der Waals surface area contributed by atoms with Gasteiger partial charge in [0.25, 0.3) is 0 Å². The van der Waals surface area contributed by atoms with Gasteiger partial charge in [0.05, 0.1) is 13.0 Å². The molecule has 0 saturated carbocycles. The third-order valence-electron chi connectivity index (χ3n) is 3.04. The van der Waals surface area contributed by atoms with Gasteiger partial charge in [-0.2, -0.15) is 13.2 Å². The highest BCUT2D eigenvalue weighted by Gasteiger charge is 2.42. The van der Waals surface area contributed by atoms with Crippen LogP contribution < -0.4 is 9.64 Å². The molecule has 1 fully saturated rings. The van der Waals surface area contributed by atoms with E-state index < -0.39 is 12.1 Å². The molecule has 18 heavy (non-hydrogen) atoms. The zero-order valence-electron chi connectivity index (χ0n) is 9.94. The molecule has 1 aliphatic rings. The van der Waals surface area contributed by atoms with Crippen LogP contribution in [0, 0.1) is 5.92 Å². The van der Waals surface area contributed by atoms with Crippen molar-refractivity contribution in [3.63, 3.8) is 0 Å². The molecule has 1 atom stereocenters. The third-order valence-corrected chi connectivity index (χ3v) is 3.04. The highest BCUT2D eigenvalue weighted by molar-refractivity contribution is 5.41. The van der Waals surface area contributed by atoms with Crippen molar-refractivity contribution in [3.05, 3.63) is 12.4 Å². The molecule has 7 heteroatoms. The van der Waals surface area contributed by atoms with Crippen LogP contribution in [0.4, 0.5) is 19.0 Å². The summed E-state index contributed by atoms with van der Waals surface area (Å²) < 4.78 is 43.0. The van der Waals surface area contributed by atoms with Crippen LogP contribution in [0.3, 0.4) is 0 Å². The fourth-order valence-electron chi connectivity index (χ4n) is 2.07. The lowest BCUT2D eigenvalue weighted by molar-refractivity contribution is -0.176. The number of hydrogen-bond acceptors (Lipinski definition) is 4. The van der Waals surface area contributed by atoms with E-state index in [0.29, 0.717) is 24.7 Å². The monoisotopic (exact) mass is 261 g/mol. The van der Waals surface area contributed by atoms with Gasteiger partial charge >= 0.3 is 6.18 Å². The Kier molecular flexibility index (Phi) is 3.58. The lowest BCUT2D eigenvalue weighted by Crippen LogP contribution is -2.42. The van der Waals surface area contributed by atoms with Gasteiger partial charge in [0.2, 0.25) is 5.88 Å². The van der Waals surface area contributed by atoms with E-state index in [1.165, 1.54) is 13.4 Å². The summed E-state index contributed by atoms with van der Waals surface area (Å²) in [4.78, 5) is 9.46. The number of piperidine rings is 1. The summed E-state index contributed by atoms with van der Waals surface area (Å²) in [6.45, 7) is 0.524. The van der Waals surface area contributed by atoms with Crippen molar-refractivity contribution in [1.29, 1.82) is 0 Å². The third kappa shape index (κ3) is 2.83. The van der Waals surface area contributed by atoms with Crippen molar-refractivity contribution < 1.29 is 17.9 Å². The molecule has 0 amide bonds. The summed E-state index contributed by atoms with van der Waals surface area (Å²) >= 11 is 0. The van der Waals surface area contributed by atoms with Gasteiger partial charge in [-0.1, -0.05) is 0 Å². The van der Waals surface area contributed by atoms with E-state index in [4.69, 9.17) is 4.74 Å². The normalized spacial score (nSPS) is 20.9. The predicted molar refractivity (Wildman–Crippen MR) is 59.6 cm³/mol. The lowest BCUT2D eigenvalue weighted by Gasteiger charge is -2.34. The second-order valence-corrected chi connectivity index (χ2v) is 4.25. The second-order valence-electron chi connectivity index (χ2n) is 4.25. The van der Waals surface area contributed by atoms with Gasteiger partial charge in [0.15, 0.2) is 0 Å². The van der Waals surface area contributed by atoms with E-state index in [2.05, 4.69) is 9.97 Å². The standard InChI is InChI=1S/C11H14F3N3O/c1-18-10-5-9(15-7-16-10)17-4-2-3-8(6-17)11(12,13)14/h5,7-8H,2-4,6H2,1H3. The van der Waals surface area contributed by atoms with Crippen LogP contribution in [0.5, 0.6) is 5.88 Å². The number of anilines is 1. The zero-order valence-corrected chi connectivity index (χ0v) is 9.94. The first-order valence-corrected chi connectivity index (χ1v) is 5.68. The van der Waals surface area contributed by atoms with Gasteiger partial charge in [0, 0.05) is 19.2 Å². The van der Waals surface area contributed by atoms with E-state index in [0.717, 1.165) is 0 Å². The second kappa shape index (κ2) is 4.99. The Morgan fingerprint density at radius 3 is 2.83 bits per heavy atom. The van der Waals surface area contributed by atoms with Crippen molar-refractivity contribution in [2.45, 2.75) is 19.0 Å². The predicted octanol–water partition coefficient (Wildman–Crippen LogP) is 2.26. The number of nitrogens with zero attached hydrogens (tertiary/aromatic N) is 3. The Morgan fingerprint density at radius 1 is 1.39 bits per heavy atom. The van der Waals surface area contributed by atoms with Crippen LogP contribution in [-0.4, -0.2) is 36.3 Å². The number of hydrogen-bond donors (Lipinski definition) is 0. The summed E-state index contributed by atoms with van der Waals surface area (Å²) in [5.74, 6) is -0.447. The molecule has 1 unspecified atom stereocenters. The average molecular weight is 261 g/mol. The molecule has 1 saturated heterocycles. The summed E-state index contributed by atoms with van der Waals surface area (Å²) in [6.07, 6.45) is -2.15. The molecule has 2 rings (SSSR count). The van der Waals surface area contributed by atoms with Crippen molar-refractivity contribution in [2.24, 2.45) is 5.92 Å².